The summed E-state index contributed by atoms with van der Waals surface area (Å²) in [4.78, 5) is 22.6. The van der Waals surface area contributed by atoms with Gasteiger partial charge in [-0.3, -0.25) is 20.4 Å². The van der Waals surface area contributed by atoms with E-state index in [-0.39, 0.29) is 12.5 Å². The van der Waals surface area contributed by atoms with Gasteiger partial charge in [-0.2, -0.15) is 0 Å². The molecule has 1 aromatic carbocycles. The van der Waals surface area contributed by atoms with E-state index >= 15 is 0 Å². The number of amides is 2. The third kappa shape index (κ3) is 6.67. The predicted molar refractivity (Wildman–Crippen MR) is 72.8 cm³/mol. The maximum Gasteiger partial charge on any atom is 0.276 e. The van der Waals surface area contributed by atoms with Crippen LogP contribution < -0.4 is 15.6 Å². The standard InChI is InChI=1S/C13H17ClN2O3/c1-2-3-4-12(17)15-16-13(18)9-19-11-7-5-10(14)6-8-11/h5-8H,2-4,9H2,1H3,(H,15,17)(H,16,18). The Bertz CT molecular complexity index is 420. The Morgan fingerprint density at radius 1 is 1.16 bits per heavy atom. The van der Waals surface area contributed by atoms with Crippen molar-refractivity contribution in [3.8, 4) is 5.75 Å². The molecular formula is C13H17ClN2O3. The molecule has 2 amide bonds. The van der Waals surface area contributed by atoms with Crippen molar-refractivity contribution in [2.45, 2.75) is 26.2 Å². The molecule has 5 nitrogen and oxygen atoms in total. The van der Waals surface area contributed by atoms with Crippen LogP contribution in [0.1, 0.15) is 26.2 Å². The molecule has 104 valence electrons. The molecule has 6 heteroatoms. The van der Waals surface area contributed by atoms with Gasteiger partial charge in [0.05, 0.1) is 0 Å². The van der Waals surface area contributed by atoms with Gasteiger partial charge >= 0.3 is 0 Å². The van der Waals surface area contributed by atoms with Crippen LogP contribution in [0.25, 0.3) is 0 Å². The van der Waals surface area contributed by atoms with Gasteiger partial charge in [-0.25, -0.2) is 0 Å². The van der Waals surface area contributed by atoms with E-state index in [1.54, 1.807) is 24.3 Å². The van der Waals surface area contributed by atoms with Gasteiger partial charge in [0.15, 0.2) is 6.61 Å². The molecule has 19 heavy (non-hydrogen) atoms. The smallest absolute Gasteiger partial charge is 0.276 e. The van der Waals surface area contributed by atoms with Crippen LogP contribution in [0.5, 0.6) is 5.75 Å². The SMILES string of the molecule is CCCCC(=O)NNC(=O)COc1ccc(Cl)cc1. The summed E-state index contributed by atoms with van der Waals surface area (Å²) >= 11 is 5.72. The fourth-order valence-corrected chi connectivity index (χ4v) is 1.38. The zero-order valence-electron chi connectivity index (χ0n) is 10.7. The average molecular weight is 285 g/mol. The van der Waals surface area contributed by atoms with E-state index in [2.05, 4.69) is 10.9 Å². The third-order valence-electron chi connectivity index (χ3n) is 2.28. The fraction of sp³-hybridized carbons (Fsp3) is 0.385. The molecule has 0 saturated carbocycles. The average Bonchev–Trinajstić information content (AvgIpc) is 2.42. The van der Waals surface area contributed by atoms with E-state index < -0.39 is 5.91 Å². The number of carbonyl (C=O) groups excluding carboxylic acids is 2. The molecule has 0 saturated heterocycles. The first kappa shape index (κ1) is 15.3. The monoisotopic (exact) mass is 284 g/mol. The van der Waals surface area contributed by atoms with Crippen LogP contribution in [-0.2, 0) is 9.59 Å². The van der Waals surface area contributed by atoms with E-state index in [1.807, 2.05) is 6.92 Å². The molecule has 0 radical (unpaired) electrons. The van der Waals surface area contributed by atoms with Gasteiger partial charge in [-0.1, -0.05) is 24.9 Å². The van der Waals surface area contributed by atoms with Gasteiger partial charge in [0.1, 0.15) is 5.75 Å². The Morgan fingerprint density at radius 3 is 2.42 bits per heavy atom. The van der Waals surface area contributed by atoms with Crippen LogP contribution >= 0.6 is 11.6 Å². The van der Waals surface area contributed by atoms with Crippen molar-refractivity contribution in [1.29, 1.82) is 0 Å². The highest BCUT2D eigenvalue weighted by Crippen LogP contribution is 2.15. The largest absolute Gasteiger partial charge is 0.484 e. The highest BCUT2D eigenvalue weighted by molar-refractivity contribution is 6.30. The van der Waals surface area contributed by atoms with Crippen LogP contribution in [0.4, 0.5) is 0 Å². The van der Waals surface area contributed by atoms with Crippen molar-refractivity contribution in [3.05, 3.63) is 29.3 Å². The zero-order valence-corrected chi connectivity index (χ0v) is 11.5. The van der Waals surface area contributed by atoms with Crippen molar-refractivity contribution in [1.82, 2.24) is 10.9 Å². The Labute approximate surface area is 117 Å². The van der Waals surface area contributed by atoms with Crippen LogP contribution in [0.2, 0.25) is 5.02 Å². The number of hydrogen-bond acceptors (Lipinski definition) is 3. The summed E-state index contributed by atoms with van der Waals surface area (Å²) in [5.41, 5.74) is 4.61. The quantitative estimate of drug-likeness (QED) is 0.786. The molecule has 0 spiro atoms. The van der Waals surface area contributed by atoms with Crippen molar-refractivity contribution >= 4 is 23.4 Å². The van der Waals surface area contributed by atoms with E-state index in [4.69, 9.17) is 16.3 Å². The van der Waals surface area contributed by atoms with Gasteiger partial charge in [-0.05, 0) is 30.7 Å². The van der Waals surface area contributed by atoms with Gasteiger partial charge in [0.25, 0.3) is 5.91 Å². The minimum atomic E-state index is -0.417. The number of hydrazine groups is 1. The van der Waals surface area contributed by atoms with Crippen LogP contribution in [-0.4, -0.2) is 18.4 Å². The molecule has 0 heterocycles. The molecule has 0 atom stereocenters. The summed E-state index contributed by atoms with van der Waals surface area (Å²) in [6.45, 7) is 1.82. The molecule has 0 unspecified atom stereocenters. The van der Waals surface area contributed by atoms with E-state index in [0.717, 1.165) is 12.8 Å². The molecule has 0 aliphatic heterocycles. The number of ether oxygens (including phenoxy) is 1. The molecule has 0 fully saturated rings. The Balaban J connectivity index is 2.21. The van der Waals surface area contributed by atoms with Gasteiger partial charge in [-0.15, -0.1) is 0 Å². The summed E-state index contributed by atoms with van der Waals surface area (Å²) in [7, 11) is 0. The molecule has 0 bridgehead atoms. The Kier molecular flexibility index (Phi) is 6.74. The minimum absolute atomic E-state index is 0.171. The summed E-state index contributed by atoms with van der Waals surface area (Å²) in [6, 6.07) is 6.66. The number of nitrogens with one attached hydrogen (secondary N) is 2. The molecule has 0 aliphatic carbocycles. The summed E-state index contributed by atoms with van der Waals surface area (Å²) in [6.07, 6.45) is 2.12. The maximum absolute atomic E-state index is 11.4. The van der Waals surface area contributed by atoms with E-state index in [9.17, 15) is 9.59 Å². The summed E-state index contributed by atoms with van der Waals surface area (Å²) in [5.74, 6) is -0.0849. The molecule has 1 rings (SSSR count). The number of hydrogen-bond donors (Lipinski definition) is 2. The van der Waals surface area contributed by atoms with E-state index in [1.165, 1.54) is 0 Å². The molecule has 0 aliphatic rings. The first-order chi connectivity index (χ1) is 9.11. The molecule has 1 aromatic rings. The first-order valence-corrected chi connectivity index (χ1v) is 6.45. The van der Waals surface area contributed by atoms with Crippen LogP contribution in [0, 0.1) is 0 Å². The highest BCUT2D eigenvalue weighted by atomic mass is 35.5. The van der Waals surface area contributed by atoms with Crippen molar-refractivity contribution in [2.24, 2.45) is 0 Å². The molecule has 2 N–H and O–H groups in total. The normalized spacial score (nSPS) is 9.79. The van der Waals surface area contributed by atoms with Crippen molar-refractivity contribution in [3.63, 3.8) is 0 Å². The number of carbonyl (C=O) groups is 2. The number of benzene rings is 1. The molecule has 0 aromatic heterocycles. The van der Waals surface area contributed by atoms with Crippen LogP contribution in [0.3, 0.4) is 0 Å². The lowest BCUT2D eigenvalue weighted by Crippen LogP contribution is -2.43. The second-order valence-corrected chi connectivity index (χ2v) is 4.38. The summed E-state index contributed by atoms with van der Waals surface area (Å²) in [5, 5.41) is 0.597. The predicted octanol–water partition coefficient (Wildman–Crippen LogP) is 2.06. The van der Waals surface area contributed by atoms with Gasteiger partial charge < -0.3 is 4.74 Å². The Morgan fingerprint density at radius 2 is 1.79 bits per heavy atom. The second-order valence-electron chi connectivity index (χ2n) is 3.94. The Hall–Kier alpha value is -1.75. The number of halogens is 1. The number of unbranched alkanes of at least 4 members (excludes halogenated alkanes) is 1. The summed E-state index contributed by atoms with van der Waals surface area (Å²) < 4.78 is 5.21. The third-order valence-corrected chi connectivity index (χ3v) is 2.53. The first-order valence-electron chi connectivity index (χ1n) is 6.08. The highest BCUT2D eigenvalue weighted by Gasteiger charge is 2.05. The second kappa shape index (κ2) is 8.37. The van der Waals surface area contributed by atoms with Crippen molar-refractivity contribution < 1.29 is 14.3 Å². The molecular weight excluding hydrogens is 268 g/mol. The van der Waals surface area contributed by atoms with Crippen molar-refractivity contribution in [2.75, 3.05) is 6.61 Å². The lowest BCUT2D eigenvalue weighted by molar-refractivity contribution is -0.130. The van der Waals surface area contributed by atoms with Gasteiger partial charge in [0.2, 0.25) is 5.91 Å². The fourth-order valence-electron chi connectivity index (χ4n) is 1.26. The lowest BCUT2D eigenvalue weighted by atomic mass is 10.2. The minimum Gasteiger partial charge on any atom is -0.484 e. The number of rotatable bonds is 6. The van der Waals surface area contributed by atoms with Crippen LogP contribution in [0.15, 0.2) is 24.3 Å². The van der Waals surface area contributed by atoms with Gasteiger partial charge in [0, 0.05) is 11.4 Å². The zero-order chi connectivity index (χ0) is 14.1. The topological polar surface area (TPSA) is 67.4 Å². The van der Waals surface area contributed by atoms with E-state index in [0.29, 0.717) is 17.2 Å². The lowest BCUT2D eigenvalue weighted by Gasteiger charge is -2.08. The maximum atomic E-state index is 11.4.